The highest BCUT2D eigenvalue weighted by atomic mass is 35.5. The molecule has 1 atom stereocenters. The number of hydrogen-bond acceptors (Lipinski definition) is 2. The highest BCUT2D eigenvalue weighted by molar-refractivity contribution is 6.35. The minimum Gasteiger partial charge on any atom is -0.354 e. The molecule has 0 heterocycles. The molecule has 0 spiro atoms. The Kier molecular flexibility index (Phi) is 5.75. The van der Waals surface area contributed by atoms with E-state index >= 15 is 0 Å². The van der Waals surface area contributed by atoms with Gasteiger partial charge in [-0.1, -0.05) is 36.2 Å². The second kappa shape index (κ2) is 6.84. The van der Waals surface area contributed by atoms with E-state index < -0.39 is 6.04 Å². The van der Waals surface area contributed by atoms with Crippen LogP contribution in [0.4, 0.5) is 0 Å². The summed E-state index contributed by atoms with van der Waals surface area (Å²) in [6.45, 7) is 2.40. The van der Waals surface area contributed by atoms with Crippen molar-refractivity contribution in [3.8, 4) is 0 Å². The highest BCUT2D eigenvalue weighted by Crippen LogP contribution is 2.20. The summed E-state index contributed by atoms with van der Waals surface area (Å²) in [7, 11) is 0. The molecule has 0 fully saturated rings. The zero-order valence-corrected chi connectivity index (χ0v) is 11.2. The van der Waals surface area contributed by atoms with Gasteiger partial charge in [-0.25, -0.2) is 0 Å². The van der Waals surface area contributed by atoms with Crippen LogP contribution in [0.25, 0.3) is 0 Å². The van der Waals surface area contributed by atoms with Crippen LogP contribution >= 0.6 is 23.2 Å². The van der Waals surface area contributed by atoms with Crippen molar-refractivity contribution in [3.63, 3.8) is 0 Å². The Balaban J connectivity index is 2.43. The Bertz CT molecular complexity index is 396. The molecule has 1 aromatic rings. The largest absolute Gasteiger partial charge is 0.354 e. The van der Waals surface area contributed by atoms with Gasteiger partial charge in [-0.15, -0.1) is 0 Å². The van der Waals surface area contributed by atoms with Crippen molar-refractivity contribution >= 4 is 29.1 Å². The molecule has 1 rings (SSSR count). The molecule has 0 aliphatic carbocycles. The monoisotopic (exact) mass is 274 g/mol. The van der Waals surface area contributed by atoms with Gasteiger partial charge in [0, 0.05) is 16.6 Å². The van der Waals surface area contributed by atoms with Crippen LogP contribution in [0, 0.1) is 0 Å². The summed E-state index contributed by atoms with van der Waals surface area (Å²) in [6.07, 6.45) is 1.30. The van der Waals surface area contributed by atoms with Crippen LogP contribution < -0.4 is 11.1 Å². The van der Waals surface area contributed by atoms with Crippen molar-refractivity contribution in [3.05, 3.63) is 33.8 Å². The fourth-order valence-electron chi connectivity index (χ4n) is 1.36. The fourth-order valence-corrected chi connectivity index (χ4v) is 1.86. The Morgan fingerprint density at radius 2 is 2.18 bits per heavy atom. The van der Waals surface area contributed by atoms with Crippen LogP contribution in [0.5, 0.6) is 0 Å². The first-order valence-electron chi connectivity index (χ1n) is 5.51. The van der Waals surface area contributed by atoms with Gasteiger partial charge in [-0.2, -0.15) is 0 Å². The number of hydrogen-bond donors (Lipinski definition) is 2. The lowest BCUT2D eigenvalue weighted by Crippen LogP contribution is -2.40. The molecule has 0 aliphatic rings. The summed E-state index contributed by atoms with van der Waals surface area (Å²) in [6, 6.07) is 4.90. The number of benzene rings is 1. The van der Waals surface area contributed by atoms with Gasteiger partial charge in [0.1, 0.15) is 0 Å². The number of halogens is 2. The maximum atomic E-state index is 11.4. The molecule has 0 aromatic heterocycles. The topological polar surface area (TPSA) is 55.1 Å². The van der Waals surface area contributed by atoms with E-state index in [1.54, 1.807) is 12.1 Å². The predicted octanol–water partition coefficient (Wildman–Crippen LogP) is 2.39. The SMILES string of the molecule is CC[C@H](N)C(=O)NCCc1ccc(Cl)cc1Cl. The minimum absolute atomic E-state index is 0.127. The molecule has 1 amide bonds. The summed E-state index contributed by atoms with van der Waals surface area (Å²) in [4.78, 5) is 11.4. The third kappa shape index (κ3) is 4.54. The van der Waals surface area contributed by atoms with Crippen molar-refractivity contribution in [2.45, 2.75) is 25.8 Å². The summed E-state index contributed by atoms with van der Waals surface area (Å²) in [5, 5.41) is 3.99. The summed E-state index contributed by atoms with van der Waals surface area (Å²) < 4.78 is 0. The third-order valence-corrected chi connectivity index (χ3v) is 3.07. The maximum absolute atomic E-state index is 11.4. The number of nitrogens with one attached hydrogen (secondary N) is 1. The first kappa shape index (κ1) is 14.3. The van der Waals surface area contributed by atoms with Crippen LogP contribution in [0.1, 0.15) is 18.9 Å². The standard InChI is InChI=1S/C12H16Cl2N2O/c1-2-11(15)12(17)16-6-5-8-3-4-9(13)7-10(8)14/h3-4,7,11H,2,5-6,15H2,1H3,(H,16,17)/t11-/m0/s1. The summed E-state index contributed by atoms with van der Waals surface area (Å²) in [5.74, 6) is -0.127. The predicted molar refractivity (Wildman–Crippen MR) is 71.4 cm³/mol. The molecule has 17 heavy (non-hydrogen) atoms. The van der Waals surface area contributed by atoms with Crippen molar-refractivity contribution in [1.82, 2.24) is 5.32 Å². The molecule has 3 N–H and O–H groups in total. The smallest absolute Gasteiger partial charge is 0.236 e. The molecular formula is C12H16Cl2N2O. The van der Waals surface area contributed by atoms with Crippen LogP contribution in [0.3, 0.4) is 0 Å². The average Bonchev–Trinajstić information content (AvgIpc) is 2.30. The van der Waals surface area contributed by atoms with E-state index in [1.807, 2.05) is 13.0 Å². The van der Waals surface area contributed by atoms with E-state index in [2.05, 4.69) is 5.32 Å². The van der Waals surface area contributed by atoms with Crippen LogP contribution in [-0.4, -0.2) is 18.5 Å². The number of rotatable bonds is 5. The second-order valence-electron chi connectivity index (χ2n) is 3.79. The molecule has 5 heteroatoms. The third-order valence-electron chi connectivity index (χ3n) is 2.49. The lowest BCUT2D eigenvalue weighted by Gasteiger charge is -2.10. The van der Waals surface area contributed by atoms with Crippen LogP contribution in [0.15, 0.2) is 18.2 Å². The first-order valence-corrected chi connectivity index (χ1v) is 6.27. The lowest BCUT2D eigenvalue weighted by molar-refractivity contribution is -0.122. The molecule has 0 aliphatic heterocycles. The van der Waals surface area contributed by atoms with E-state index in [4.69, 9.17) is 28.9 Å². The Labute approximate surface area is 111 Å². The molecule has 1 aromatic carbocycles. The number of nitrogens with two attached hydrogens (primary N) is 1. The zero-order chi connectivity index (χ0) is 12.8. The van der Waals surface area contributed by atoms with Gasteiger partial charge < -0.3 is 11.1 Å². The van der Waals surface area contributed by atoms with Crippen LogP contribution in [-0.2, 0) is 11.2 Å². The summed E-state index contributed by atoms with van der Waals surface area (Å²) >= 11 is 11.8. The normalized spacial score (nSPS) is 12.2. The average molecular weight is 275 g/mol. The number of carbonyl (C=O) groups is 1. The van der Waals surface area contributed by atoms with Gasteiger partial charge in [-0.3, -0.25) is 4.79 Å². The van der Waals surface area contributed by atoms with E-state index in [-0.39, 0.29) is 5.91 Å². The molecule has 3 nitrogen and oxygen atoms in total. The molecule has 0 bridgehead atoms. The highest BCUT2D eigenvalue weighted by Gasteiger charge is 2.10. The van der Waals surface area contributed by atoms with Crippen molar-refractivity contribution in [2.75, 3.05) is 6.54 Å². The van der Waals surface area contributed by atoms with Gasteiger partial charge in [0.05, 0.1) is 6.04 Å². The Hall–Kier alpha value is -0.770. The van der Waals surface area contributed by atoms with Crippen molar-refractivity contribution in [1.29, 1.82) is 0 Å². The van der Waals surface area contributed by atoms with Gasteiger partial charge in [0.15, 0.2) is 0 Å². The molecule has 0 radical (unpaired) electrons. The van der Waals surface area contributed by atoms with E-state index in [1.165, 1.54) is 0 Å². The van der Waals surface area contributed by atoms with Crippen LogP contribution in [0.2, 0.25) is 10.0 Å². The quantitative estimate of drug-likeness (QED) is 0.866. The van der Waals surface area contributed by atoms with E-state index in [0.29, 0.717) is 29.4 Å². The van der Waals surface area contributed by atoms with Gasteiger partial charge in [0.2, 0.25) is 5.91 Å². The molecule has 0 saturated carbocycles. The van der Waals surface area contributed by atoms with E-state index in [9.17, 15) is 4.79 Å². The summed E-state index contributed by atoms with van der Waals surface area (Å²) in [5.41, 5.74) is 6.55. The second-order valence-corrected chi connectivity index (χ2v) is 4.64. The number of carbonyl (C=O) groups excluding carboxylic acids is 1. The van der Waals surface area contributed by atoms with Gasteiger partial charge >= 0.3 is 0 Å². The van der Waals surface area contributed by atoms with Gasteiger partial charge in [0.25, 0.3) is 0 Å². The molecule has 0 unspecified atom stereocenters. The van der Waals surface area contributed by atoms with Crippen molar-refractivity contribution < 1.29 is 4.79 Å². The Morgan fingerprint density at radius 1 is 1.47 bits per heavy atom. The first-order chi connectivity index (χ1) is 8.04. The number of amides is 1. The zero-order valence-electron chi connectivity index (χ0n) is 9.67. The molecule has 0 saturated heterocycles. The fraction of sp³-hybridized carbons (Fsp3) is 0.417. The van der Waals surface area contributed by atoms with Crippen molar-refractivity contribution in [2.24, 2.45) is 5.73 Å². The molecule has 94 valence electrons. The minimum atomic E-state index is -0.435. The van der Waals surface area contributed by atoms with E-state index in [0.717, 1.165) is 5.56 Å². The molecular weight excluding hydrogens is 259 g/mol. The Morgan fingerprint density at radius 3 is 2.76 bits per heavy atom. The lowest BCUT2D eigenvalue weighted by atomic mass is 10.1. The van der Waals surface area contributed by atoms with Gasteiger partial charge in [-0.05, 0) is 30.5 Å². The maximum Gasteiger partial charge on any atom is 0.236 e.